The van der Waals surface area contributed by atoms with Crippen LogP contribution in [0.3, 0.4) is 0 Å². The second-order valence-corrected chi connectivity index (χ2v) is 8.64. The fraction of sp³-hybridized carbons (Fsp3) is 0.417. The van der Waals surface area contributed by atoms with Crippen LogP contribution in [0.15, 0.2) is 36.4 Å². The molecule has 2 aromatic rings. The summed E-state index contributed by atoms with van der Waals surface area (Å²) in [5.74, 6) is 0.146. The smallest absolute Gasteiger partial charge is 0.261 e. The van der Waals surface area contributed by atoms with E-state index in [1.165, 1.54) is 4.90 Å². The lowest BCUT2D eigenvalue weighted by atomic mass is 10.1. The minimum absolute atomic E-state index is 0.0167. The van der Waals surface area contributed by atoms with Crippen LogP contribution in [-0.4, -0.2) is 35.4 Å². The fourth-order valence-corrected chi connectivity index (χ4v) is 3.29. The molecule has 2 rings (SSSR count). The van der Waals surface area contributed by atoms with Crippen molar-refractivity contribution in [3.8, 4) is 5.75 Å². The lowest BCUT2D eigenvalue weighted by Crippen LogP contribution is -2.50. The van der Waals surface area contributed by atoms with Gasteiger partial charge in [-0.2, -0.15) is 0 Å². The van der Waals surface area contributed by atoms with Gasteiger partial charge in [0.25, 0.3) is 5.91 Å². The van der Waals surface area contributed by atoms with Crippen LogP contribution in [-0.2, 0) is 16.1 Å². The maximum atomic E-state index is 13.1. The van der Waals surface area contributed by atoms with Gasteiger partial charge >= 0.3 is 0 Å². The highest BCUT2D eigenvalue weighted by Crippen LogP contribution is 2.24. The van der Waals surface area contributed by atoms with E-state index < -0.39 is 6.04 Å². The molecule has 0 aliphatic heterocycles. The third-order valence-corrected chi connectivity index (χ3v) is 5.94. The van der Waals surface area contributed by atoms with E-state index in [1.54, 1.807) is 25.1 Å². The number of ether oxygens (including phenoxy) is 1. The van der Waals surface area contributed by atoms with Gasteiger partial charge in [-0.15, -0.1) is 0 Å². The van der Waals surface area contributed by atoms with Crippen molar-refractivity contribution in [2.24, 2.45) is 0 Å². The van der Waals surface area contributed by atoms with Gasteiger partial charge in [-0.25, -0.2) is 0 Å². The molecule has 168 valence electrons. The third-order valence-electron chi connectivity index (χ3n) is 5.20. The molecule has 0 bridgehead atoms. The first-order valence-electron chi connectivity index (χ1n) is 10.4. The summed E-state index contributed by atoms with van der Waals surface area (Å²) in [7, 11) is 0. The average molecular weight is 465 g/mol. The van der Waals surface area contributed by atoms with Crippen LogP contribution in [0, 0.1) is 13.8 Å². The van der Waals surface area contributed by atoms with Crippen molar-refractivity contribution in [1.82, 2.24) is 10.2 Å². The number of nitrogens with one attached hydrogen (secondary N) is 1. The van der Waals surface area contributed by atoms with Crippen LogP contribution in [0.4, 0.5) is 0 Å². The molecule has 0 aliphatic carbocycles. The normalized spacial score (nSPS) is 12.7. The van der Waals surface area contributed by atoms with Gasteiger partial charge < -0.3 is 15.0 Å². The second-order valence-electron chi connectivity index (χ2n) is 7.82. The number of carbonyl (C=O) groups excluding carboxylic acids is 2. The van der Waals surface area contributed by atoms with Crippen molar-refractivity contribution in [1.29, 1.82) is 0 Å². The van der Waals surface area contributed by atoms with Crippen molar-refractivity contribution in [3.63, 3.8) is 0 Å². The van der Waals surface area contributed by atoms with Gasteiger partial charge in [-0.1, -0.05) is 48.3 Å². The Morgan fingerprint density at radius 3 is 2.42 bits per heavy atom. The predicted molar refractivity (Wildman–Crippen MR) is 126 cm³/mol. The molecule has 0 aromatic heterocycles. The van der Waals surface area contributed by atoms with E-state index in [2.05, 4.69) is 5.32 Å². The van der Waals surface area contributed by atoms with Crippen molar-refractivity contribution < 1.29 is 14.3 Å². The Kier molecular flexibility index (Phi) is 9.20. The van der Waals surface area contributed by atoms with Crippen LogP contribution >= 0.6 is 23.2 Å². The summed E-state index contributed by atoms with van der Waals surface area (Å²) in [4.78, 5) is 27.4. The first-order valence-corrected chi connectivity index (χ1v) is 11.1. The first-order chi connectivity index (χ1) is 14.6. The molecular formula is C24H30Cl2N2O3. The molecule has 0 saturated heterocycles. The molecule has 31 heavy (non-hydrogen) atoms. The third kappa shape index (κ3) is 7.15. The Balaban J connectivity index is 2.22. The summed E-state index contributed by atoms with van der Waals surface area (Å²) in [6, 6.07) is 10.3. The van der Waals surface area contributed by atoms with Crippen molar-refractivity contribution in [2.75, 3.05) is 6.61 Å². The van der Waals surface area contributed by atoms with E-state index in [1.807, 2.05) is 45.9 Å². The van der Waals surface area contributed by atoms with Crippen LogP contribution in [0.5, 0.6) is 5.75 Å². The number of hydrogen-bond donors (Lipinski definition) is 1. The van der Waals surface area contributed by atoms with E-state index in [-0.39, 0.29) is 31.0 Å². The monoisotopic (exact) mass is 464 g/mol. The number of aryl methyl sites for hydroxylation is 2. The number of rotatable bonds is 9. The average Bonchev–Trinajstić information content (AvgIpc) is 2.74. The van der Waals surface area contributed by atoms with E-state index >= 15 is 0 Å². The van der Waals surface area contributed by atoms with Gasteiger partial charge in [-0.05, 0) is 69.0 Å². The lowest BCUT2D eigenvalue weighted by Gasteiger charge is -2.29. The molecule has 2 amide bonds. The molecule has 0 fully saturated rings. The van der Waals surface area contributed by atoms with E-state index in [9.17, 15) is 9.59 Å². The second kappa shape index (κ2) is 11.4. The number of halogens is 2. The molecule has 0 unspecified atom stereocenters. The summed E-state index contributed by atoms with van der Waals surface area (Å²) in [5, 5.41) is 3.77. The molecular weight excluding hydrogens is 435 g/mol. The number of carbonyl (C=O) groups is 2. The van der Waals surface area contributed by atoms with Gasteiger partial charge in [-0.3, -0.25) is 9.59 Å². The van der Waals surface area contributed by atoms with E-state index in [0.29, 0.717) is 15.8 Å². The zero-order chi connectivity index (χ0) is 23.1. The molecule has 0 aliphatic rings. The predicted octanol–water partition coefficient (Wildman–Crippen LogP) is 5.32. The molecule has 2 aromatic carbocycles. The quantitative estimate of drug-likeness (QED) is 0.545. The van der Waals surface area contributed by atoms with Gasteiger partial charge in [0, 0.05) is 12.6 Å². The highest BCUT2D eigenvalue weighted by Gasteiger charge is 2.27. The van der Waals surface area contributed by atoms with Gasteiger partial charge in [0.2, 0.25) is 5.91 Å². The zero-order valence-electron chi connectivity index (χ0n) is 18.7. The number of hydrogen-bond acceptors (Lipinski definition) is 3. The molecule has 2 atom stereocenters. The topological polar surface area (TPSA) is 58.6 Å². The van der Waals surface area contributed by atoms with Crippen molar-refractivity contribution in [2.45, 2.75) is 59.7 Å². The number of nitrogens with zero attached hydrogens (tertiary/aromatic N) is 1. The number of benzene rings is 2. The SMILES string of the molecule is CC[C@H](C)NC(=O)[C@@H](C)N(Cc1ccc(Cl)c(Cl)c1)C(=O)COc1cc(C)ccc1C. The highest BCUT2D eigenvalue weighted by molar-refractivity contribution is 6.42. The van der Waals surface area contributed by atoms with Gasteiger partial charge in [0.05, 0.1) is 10.0 Å². The summed E-state index contributed by atoms with van der Waals surface area (Å²) >= 11 is 12.2. The number of amides is 2. The molecule has 0 heterocycles. The summed E-state index contributed by atoms with van der Waals surface area (Å²) in [5.41, 5.74) is 2.76. The Labute approximate surface area is 194 Å². The maximum Gasteiger partial charge on any atom is 0.261 e. The minimum Gasteiger partial charge on any atom is -0.483 e. The highest BCUT2D eigenvalue weighted by atomic mass is 35.5. The van der Waals surface area contributed by atoms with Gasteiger partial charge in [0.15, 0.2) is 6.61 Å². The van der Waals surface area contributed by atoms with E-state index in [0.717, 1.165) is 23.1 Å². The minimum atomic E-state index is -0.682. The first kappa shape index (κ1) is 25.0. The molecule has 0 radical (unpaired) electrons. The van der Waals surface area contributed by atoms with Crippen LogP contribution in [0.25, 0.3) is 0 Å². The lowest BCUT2D eigenvalue weighted by molar-refractivity contribution is -0.142. The van der Waals surface area contributed by atoms with Crippen molar-refractivity contribution >= 4 is 35.0 Å². The van der Waals surface area contributed by atoms with Crippen molar-refractivity contribution in [3.05, 3.63) is 63.1 Å². The van der Waals surface area contributed by atoms with Gasteiger partial charge in [0.1, 0.15) is 11.8 Å². The van der Waals surface area contributed by atoms with E-state index in [4.69, 9.17) is 27.9 Å². The Morgan fingerprint density at radius 1 is 1.06 bits per heavy atom. The summed E-state index contributed by atoms with van der Waals surface area (Å²) in [6.45, 7) is 9.56. The maximum absolute atomic E-state index is 13.1. The molecule has 0 spiro atoms. The summed E-state index contributed by atoms with van der Waals surface area (Å²) < 4.78 is 5.80. The summed E-state index contributed by atoms with van der Waals surface area (Å²) in [6.07, 6.45) is 0.801. The fourth-order valence-electron chi connectivity index (χ4n) is 2.97. The molecule has 5 nitrogen and oxygen atoms in total. The Morgan fingerprint density at radius 2 is 1.77 bits per heavy atom. The Bertz CT molecular complexity index is 933. The van der Waals surface area contributed by atoms with Crippen LogP contribution in [0.2, 0.25) is 10.0 Å². The Hall–Kier alpha value is -2.24. The van der Waals surface area contributed by atoms with Crippen LogP contribution in [0.1, 0.15) is 43.9 Å². The zero-order valence-corrected chi connectivity index (χ0v) is 20.2. The van der Waals surface area contributed by atoms with Crippen LogP contribution < -0.4 is 10.1 Å². The molecule has 7 heteroatoms. The molecule has 1 N–H and O–H groups in total. The molecule has 0 saturated carbocycles. The standard InChI is InChI=1S/C24H30Cl2N2O3/c1-6-17(4)27-24(30)18(5)28(13-19-9-10-20(25)21(26)12-19)23(29)14-31-22-11-15(2)7-8-16(22)3/h7-12,17-18H,6,13-14H2,1-5H3,(H,27,30)/t17-,18+/m0/s1. The largest absolute Gasteiger partial charge is 0.483 e.